The number of halogens is 1. The fourth-order valence-corrected chi connectivity index (χ4v) is 4.35. The molecule has 2 amide bonds. The van der Waals surface area contributed by atoms with Crippen LogP contribution in [0.2, 0.25) is 0 Å². The van der Waals surface area contributed by atoms with Gasteiger partial charge in [0.2, 0.25) is 5.91 Å². The smallest absolute Gasteiger partial charge is 0.260 e. The first-order chi connectivity index (χ1) is 12.7. The molecule has 27 heavy (non-hydrogen) atoms. The van der Waals surface area contributed by atoms with Gasteiger partial charge in [0.25, 0.3) is 5.91 Å². The van der Waals surface area contributed by atoms with Crippen LogP contribution in [0, 0.1) is 11.8 Å². The average Bonchev–Trinajstić information content (AvgIpc) is 3.24. The molecular formula is C20H28ClN3O3. The highest BCUT2D eigenvalue weighted by Crippen LogP contribution is 2.27. The van der Waals surface area contributed by atoms with E-state index in [-0.39, 0.29) is 30.8 Å². The molecule has 6 nitrogen and oxygen atoms in total. The predicted molar refractivity (Wildman–Crippen MR) is 106 cm³/mol. The number of likely N-dealkylation sites (tertiary alicyclic amines) is 1. The van der Waals surface area contributed by atoms with Crippen LogP contribution in [-0.4, -0.2) is 56.0 Å². The molecule has 3 saturated heterocycles. The predicted octanol–water partition coefficient (Wildman–Crippen LogP) is 2.07. The maximum atomic E-state index is 12.5. The van der Waals surface area contributed by atoms with Crippen molar-refractivity contribution in [2.24, 2.45) is 11.8 Å². The Morgan fingerprint density at radius 3 is 2.33 bits per heavy atom. The number of carbonyl (C=O) groups is 2. The second-order valence-electron chi connectivity index (χ2n) is 7.57. The lowest BCUT2D eigenvalue weighted by Crippen LogP contribution is -2.36. The molecule has 3 fully saturated rings. The summed E-state index contributed by atoms with van der Waals surface area (Å²) in [7, 11) is 0. The number of fused-ring (bicyclic) bond motifs is 1. The molecule has 2 atom stereocenters. The van der Waals surface area contributed by atoms with Crippen molar-refractivity contribution in [3.05, 3.63) is 24.3 Å². The molecule has 0 bridgehead atoms. The van der Waals surface area contributed by atoms with Crippen LogP contribution in [0.4, 0.5) is 5.69 Å². The molecular weight excluding hydrogens is 366 g/mol. The number of nitrogens with one attached hydrogen (secondary N) is 1. The molecule has 3 aliphatic rings. The quantitative estimate of drug-likeness (QED) is 0.850. The van der Waals surface area contributed by atoms with Gasteiger partial charge in [0, 0.05) is 31.7 Å². The van der Waals surface area contributed by atoms with Crippen LogP contribution in [0.5, 0.6) is 5.75 Å². The summed E-state index contributed by atoms with van der Waals surface area (Å²) in [5, 5.41) is 3.46. The van der Waals surface area contributed by atoms with E-state index in [2.05, 4.69) is 5.32 Å². The maximum Gasteiger partial charge on any atom is 0.260 e. The first kappa shape index (κ1) is 20.0. The normalized spacial score (nSPS) is 25.0. The van der Waals surface area contributed by atoms with Crippen molar-refractivity contribution in [1.82, 2.24) is 10.2 Å². The van der Waals surface area contributed by atoms with Gasteiger partial charge in [0.05, 0.1) is 0 Å². The molecule has 1 N–H and O–H groups in total. The van der Waals surface area contributed by atoms with Crippen molar-refractivity contribution in [1.29, 1.82) is 0 Å². The first-order valence-corrected chi connectivity index (χ1v) is 9.72. The topological polar surface area (TPSA) is 61.9 Å². The Morgan fingerprint density at radius 2 is 1.74 bits per heavy atom. The largest absolute Gasteiger partial charge is 0.484 e. The lowest BCUT2D eigenvalue weighted by molar-refractivity contribution is -0.133. The van der Waals surface area contributed by atoms with Gasteiger partial charge in [-0.15, -0.1) is 12.4 Å². The number of carbonyl (C=O) groups excluding carboxylic acids is 2. The Bertz CT molecular complexity index is 653. The summed E-state index contributed by atoms with van der Waals surface area (Å²) in [6.45, 7) is 4.71. The molecule has 0 aromatic heterocycles. The fraction of sp³-hybridized carbons (Fsp3) is 0.600. The van der Waals surface area contributed by atoms with E-state index in [9.17, 15) is 9.59 Å². The molecule has 1 aromatic carbocycles. The number of nitrogens with zero attached hydrogens (tertiary/aromatic N) is 2. The third kappa shape index (κ3) is 4.55. The van der Waals surface area contributed by atoms with E-state index in [1.165, 1.54) is 0 Å². The lowest BCUT2D eigenvalue weighted by Gasteiger charge is -2.21. The van der Waals surface area contributed by atoms with Gasteiger partial charge in [-0.3, -0.25) is 9.59 Å². The summed E-state index contributed by atoms with van der Waals surface area (Å²) in [6.07, 6.45) is 3.71. The molecule has 0 aliphatic carbocycles. The Balaban J connectivity index is 0.00000210. The molecule has 0 unspecified atom stereocenters. The second kappa shape index (κ2) is 8.93. The van der Waals surface area contributed by atoms with Crippen LogP contribution < -0.4 is 15.0 Å². The minimum absolute atomic E-state index is 0. The highest BCUT2D eigenvalue weighted by Gasteiger charge is 2.31. The molecule has 4 rings (SSSR count). The highest BCUT2D eigenvalue weighted by molar-refractivity contribution is 5.95. The van der Waals surface area contributed by atoms with Crippen LogP contribution in [0.15, 0.2) is 24.3 Å². The highest BCUT2D eigenvalue weighted by atomic mass is 35.5. The molecule has 7 heteroatoms. The molecule has 0 spiro atoms. The Hall–Kier alpha value is -1.79. The third-order valence-corrected chi connectivity index (χ3v) is 5.96. The summed E-state index contributed by atoms with van der Waals surface area (Å²) in [4.78, 5) is 28.0. The molecule has 148 valence electrons. The summed E-state index contributed by atoms with van der Waals surface area (Å²) in [5.74, 6) is 2.35. The van der Waals surface area contributed by atoms with Crippen molar-refractivity contribution in [3.63, 3.8) is 0 Å². The Kier molecular flexibility index (Phi) is 6.60. The fourth-order valence-electron chi connectivity index (χ4n) is 4.35. The van der Waals surface area contributed by atoms with Gasteiger partial charge in [-0.25, -0.2) is 0 Å². The minimum atomic E-state index is 0. The van der Waals surface area contributed by atoms with Crippen LogP contribution in [-0.2, 0) is 9.59 Å². The van der Waals surface area contributed by atoms with Gasteiger partial charge in [-0.05, 0) is 68.5 Å². The number of rotatable bonds is 4. The van der Waals surface area contributed by atoms with Crippen molar-refractivity contribution in [2.45, 2.75) is 25.7 Å². The number of hydrogen-bond acceptors (Lipinski definition) is 4. The first-order valence-electron chi connectivity index (χ1n) is 9.72. The van der Waals surface area contributed by atoms with Crippen molar-refractivity contribution >= 4 is 29.9 Å². The van der Waals surface area contributed by atoms with E-state index in [1.807, 2.05) is 29.2 Å². The van der Waals surface area contributed by atoms with E-state index >= 15 is 0 Å². The van der Waals surface area contributed by atoms with E-state index in [1.54, 1.807) is 4.90 Å². The maximum absolute atomic E-state index is 12.5. The summed E-state index contributed by atoms with van der Waals surface area (Å²) >= 11 is 0. The van der Waals surface area contributed by atoms with Crippen molar-refractivity contribution in [2.75, 3.05) is 44.2 Å². The monoisotopic (exact) mass is 393 g/mol. The van der Waals surface area contributed by atoms with E-state index in [0.29, 0.717) is 12.2 Å². The third-order valence-electron chi connectivity index (χ3n) is 5.96. The molecule has 3 heterocycles. The van der Waals surface area contributed by atoms with Gasteiger partial charge in [-0.2, -0.15) is 0 Å². The van der Waals surface area contributed by atoms with Crippen LogP contribution in [0.25, 0.3) is 0 Å². The Labute approximate surface area is 166 Å². The van der Waals surface area contributed by atoms with Gasteiger partial charge in [0.1, 0.15) is 5.75 Å². The molecule has 3 aliphatic heterocycles. The van der Waals surface area contributed by atoms with Crippen molar-refractivity contribution in [3.8, 4) is 5.75 Å². The van der Waals surface area contributed by atoms with Crippen LogP contribution >= 0.6 is 12.4 Å². The SMILES string of the molecule is Cl.O=C(COc1ccc(N2CCCC2=O)cc1)N1CC[C@@H]2CNC[C@@H]2CC1. The van der Waals surface area contributed by atoms with Gasteiger partial charge in [0.15, 0.2) is 6.61 Å². The zero-order valence-electron chi connectivity index (χ0n) is 15.6. The second-order valence-corrected chi connectivity index (χ2v) is 7.57. The number of anilines is 1. The van der Waals surface area contributed by atoms with Crippen LogP contribution in [0.1, 0.15) is 25.7 Å². The van der Waals surface area contributed by atoms with Gasteiger partial charge >= 0.3 is 0 Å². The molecule has 0 radical (unpaired) electrons. The number of amides is 2. The molecule has 1 aromatic rings. The van der Waals surface area contributed by atoms with E-state index in [4.69, 9.17) is 4.74 Å². The number of hydrogen-bond donors (Lipinski definition) is 1. The average molecular weight is 394 g/mol. The van der Waals surface area contributed by atoms with E-state index in [0.717, 1.165) is 69.5 Å². The zero-order chi connectivity index (χ0) is 17.9. The minimum Gasteiger partial charge on any atom is -0.484 e. The van der Waals surface area contributed by atoms with Crippen LogP contribution in [0.3, 0.4) is 0 Å². The summed E-state index contributed by atoms with van der Waals surface area (Å²) in [6, 6.07) is 7.46. The van der Waals surface area contributed by atoms with Crippen molar-refractivity contribution < 1.29 is 14.3 Å². The summed E-state index contributed by atoms with van der Waals surface area (Å²) in [5.41, 5.74) is 0.902. The van der Waals surface area contributed by atoms with Gasteiger partial charge in [-0.1, -0.05) is 0 Å². The van der Waals surface area contributed by atoms with Gasteiger partial charge < -0.3 is 19.9 Å². The number of benzene rings is 1. The lowest BCUT2D eigenvalue weighted by atomic mass is 9.92. The standard InChI is InChI=1S/C20H27N3O3.ClH/c24-19-2-1-9-23(19)17-3-5-18(6-4-17)26-14-20(25)22-10-7-15-12-21-13-16(15)8-11-22;/h3-6,15-16,21H,1-2,7-14H2;1H/t15-,16+;. The molecule has 0 saturated carbocycles. The zero-order valence-corrected chi connectivity index (χ0v) is 16.4. The van der Waals surface area contributed by atoms with E-state index < -0.39 is 0 Å². The number of ether oxygens (including phenoxy) is 1. The summed E-state index contributed by atoms with van der Waals surface area (Å²) < 4.78 is 5.69. The Morgan fingerprint density at radius 1 is 1.07 bits per heavy atom.